The Kier molecular flexibility index (Phi) is 4.70. The predicted octanol–water partition coefficient (Wildman–Crippen LogP) is 5.35. The summed E-state index contributed by atoms with van der Waals surface area (Å²) < 4.78 is 48.1. The van der Waals surface area contributed by atoms with Crippen LogP contribution in [0.5, 0.6) is 5.75 Å². The van der Waals surface area contributed by atoms with E-state index in [-0.39, 0.29) is 0 Å². The lowest BCUT2D eigenvalue weighted by Gasteiger charge is -2.49. The van der Waals surface area contributed by atoms with Crippen molar-refractivity contribution in [2.45, 2.75) is 43.5 Å². The minimum atomic E-state index is -4.87. The van der Waals surface area contributed by atoms with Crippen molar-refractivity contribution < 1.29 is 23.0 Å². The molecule has 160 valence electrons. The number of halogens is 4. The number of aliphatic hydroxyl groups is 1. The van der Waals surface area contributed by atoms with Crippen LogP contribution in [0.15, 0.2) is 36.5 Å². The molecule has 0 unspecified atom stereocenters. The van der Waals surface area contributed by atoms with Gasteiger partial charge in [-0.3, -0.25) is 5.10 Å². The number of nitrogens with one attached hydrogen (secondary N) is 2. The molecule has 0 saturated carbocycles. The number of rotatable bonds is 3. The van der Waals surface area contributed by atoms with Gasteiger partial charge in [0.1, 0.15) is 5.75 Å². The third kappa shape index (κ3) is 3.09. The lowest BCUT2D eigenvalue weighted by molar-refractivity contribution is -0.275. The van der Waals surface area contributed by atoms with E-state index in [4.69, 9.17) is 16.3 Å². The van der Waals surface area contributed by atoms with Crippen molar-refractivity contribution >= 4 is 28.2 Å². The van der Waals surface area contributed by atoms with Crippen LogP contribution < -0.4 is 10.1 Å². The van der Waals surface area contributed by atoms with E-state index in [1.54, 1.807) is 38.2 Å². The molecule has 0 amide bonds. The molecular weight excluding hydrogens is 419 g/mol. The second-order valence-corrected chi connectivity index (χ2v) is 8.68. The summed E-state index contributed by atoms with van der Waals surface area (Å²) in [4.78, 5) is 0. The van der Waals surface area contributed by atoms with Gasteiger partial charge in [-0.05, 0) is 41.7 Å². The summed E-state index contributed by atoms with van der Waals surface area (Å²) >= 11 is 6.27. The number of methoxy groups -OCH3 is 1. The van der Waals surface area contributed by atoms with Gasteiger partial charge in [0.2, 0.25) is 0 Å². The average Bonchev–Trinajstić information content (AvgIpc) is 3.11. The number of alkyl halides is 3. The number of anilines is 1. The highest BCUT2D eigenvalue weighted by Crippen LogP contribution is 2.57. The molecule has 1 aliphatic rings. The molecular formula is C21H21ClF3N3O2. The van der Waals surface area contributed by atoms with E-state index < -0.39 is 29.7 Å². The number of hydrogen-bond donors (Lipinski definition) is 3. The van der Waals surface area contributed by atoms with Gasteiger partial charge in [-0.2, -0.15) is 18.3 Å². The first-order valence-corrected chi connectivity index (χ1v) is 9.71. The predicted molar refractivity (Wildman–Crippen MR) is 109 cm³/mol. The zero-order chi connectivity index (χ0) is 21.9. The first-order chi connectivity index (χ1) is 14.0. The second kappa shape index (κ2) is 6.78. The van der Waals surface area contributed by atoms with Gasteiger partial charge in [-0.15, -0.1) is 0 Å². The van der Waals surface area contributed by atoms with Crippen LogP contribution in [0.4, 0.5) is 18.9 Å². The standard InChI is InChI=1S/C21H21ClF3N3O2/c1-19(2)10-20(29,21(23,24)25)18(13-5-6-14(22)17(30-3)16(13)19)27-12-4-7-15-11(8-12)9-26-28-15/h4-9,18,27,29H,10H2,1-3H3,(H,26,28)/t18-,20+/m0/s1. The molecule has 1 heterocycles. The second-order valence-electron chi connectivity index (χ2n) is 8.28. The Hall–Kier alpha value is -2.45. The Bertz CT molecular complexity index is 1110. The number of hydrogen-bond acceptors (Lipinski definition) is 4. The van der Waals surface area contributed by atoms with E-state index in [2.05, 4.69) is 15.5 Å². The first-order valence-electron chi connectivity index (χ1n) is 9.33. The van der Waals surface area contributed by atoms with Crippen molar-refractivity contribution in [3.8, 4) is 5.75 Å². The number of aromatic amines is 1. The highest BCUT2D eigenvalue weighted by Gasteiger charge is 2.64. The number of nitrogens with zero attached hydrogens (tertiary/aromatic N) is 1. The summed E-state index contributed by atoms with van der Waals surface area (Å²) in [6.07, 6.45) is -3.84. The van der Waals surface area contributed by atoms with Crippen LogP contribution in [0.25, 0.3) is 10.9 Å². The van der Waals surface area contributed by atoms with Crippen LogP contribution in [0.3, 0.4) is 0 Å². The number of benzene rings is 2. The third-order valence-electron chi connectivity index (χ3n) is 5.76. The first kappa shape index (κ1) is 20.8. The maximum absolute atomic E-state index is 14.2. The molecule has 1 aromatic heterocycles. The molecule has 3 N–H and O–H groups in total. The maximum atomic E-state index is 14.2. The van der Waals surface area contributed by atoms with Gasteiger partial charge < -0.3 is 15.2 Å². The Morgan fingerprint density at radius 3 is 2.67 bits per heavy atom. The SMILES string of the molecule is COc1c(Cl)ccc2c1C(C)(C)C[C@](O)(C(F)(F)F)[C@H]2Nc1ccc2[nH]ncc2c1. The topological polar surface area (TPSA) is 70.2 Å². The van der Waals surface area contributed by atoms with Crippen molar-refractivity contribution in [3.63, 3.8) is 0 Å². The molecule has 4 rings (SSSR count). The van der Waals surface area contributed by atoms with Gasteiger partial charge >= 0.3 is 6.18 Å². The summed E-state index contributed by atoms with van der Waals surface area (Å²) in [7, 11) is 1.43. The molecule has 2 aromatic carbocycles. The molecule has 0 fully saturated rings. The smallest absolute Gasteiger partial charge is 0.419 e. The van der Waals surface area contributed by atoms with E-state index in [0.717, 1.165) is 10.9 Å². The average molecular weight is 440 g/mol. The molecule has 0 spiro atoms. The molecule has 0 radical (unpaired) electrons. The molecule has 0 bridgehead atoms. The maximum Gasteiger partial charge on any atom is 0.419 e. The fraction of sp³-hybridized carbons (Fsp3) is 0.381. The van der Waals surface area contributed by atoms with Gasteiger partial charge in [0.05, 0.1) is 29.9 Å². The normalized spacial score (nSPS) is 23.3. The van der Waals surface area contributed by atoms with Crippen LogP contribution in [-0.2, 0) is 5.41 Å². The quantitative estimate of drug-likeness (QED) is 0.514. The molecule has 9 heteroatoms. The Morgan fingerprint density at radius 2 is 2.00 bits per heavy atom. The largest absolute Gasteiger partial charge is 0.495 e. The van der Waals surface area contributed by atoms with Crippen LogP contribution >= 0.6 is 11.6 Å². The third-order valence-corrected chi connectivity index (χ3v) is 6.06. The molecule has 1 aliphatic carbocycles. The van der Waals surface area contributed by atoms with Gasteiger partial charge in [0, 0.05) is 16.6 Å². The van der Waals surface area contributed by atoms with Crippen LogP contribution in [0, 0.1) is 0 Å². The van der Waals surface area contributed by atoms with E-state index in [1.807, 2.05) is 0 Å². The molecule has 5 nitrogen and oxygen atoms in total. The van der Waals surface area contributed by atoms with E-state index in [1.165, 1.54) is 19.2 Å². The Balaban J connectivity index is 1.92. The summed E-state index contributed by atoms with van der Waals surface area (Å²) in [5, 5.41) is 21.7. The van der Waals surface area contributed by atoms with Crippen LogP contribution in [0.2, 0.25) is 5.02 Å². The number of H-pyrrole nitrogens is 1. The zero-order valence-corrected chi connectivity index (χ0v) is 17.3. The lowest BCUT2D eigenvalue weighted by atomic mass is 9.63. The van der Waals surface area contributed by atoms with E-state index in [9.17, 15) is 18.3 Å². The minimum Gasteiger partial charge on any atom is -0.495 e. The van der Waals surface area contributed by atoms with Crippen molar-refractivity contribution in [3.05, 3.63) is 52.7 Å². The summed E-state index contributed by atoms with van der Waals surface area (Å²) in [6, 6.07) is 6.59. The monoisotopic (exact) mass is 439 g/mol. The molecule has 2 atom stereocenters. The summed E-state index contributed by atoms with van der Waals surface area (Å²) in [5.41, 5.74) is -2.02. The van der Waals surface area contributed by atoms with Gasteiger partial charge in [-0.1, -0.05) is 31.5 Å². The molecule has 30 heavy (non-hydrogen) atoms. The minimum absolute atomic E-state index is 0.291. The highest BCUT2D eigenvalue weighted by molar-refractivity contribution is 6.32. The van der Waals surface area contributed by atoms with Gasteiger partial charge in [-0.25, -0.2) is 0 Å². The molecule has 3 aromatic rings. The Labute approximate surface area is 176 Å². The highest BCUT2D eigenvalue weighted by atomic mass is 35.5. The van der Waals surface area contributed by atoms with E-state index >= 15 is 0 Å². The van der Waals surface area contributed by atoms with Crippen molar-refractivity contribution in [2.75, 3.05) is 12.4 Å². The van der Waals surface area contributed by atoms with Gasteiger partial charge in [0.25, 0.3) is 0 Å². The van der Waals surface area contributed by atoms with Crippen LogP contribution in [-0.4, -0.2) is 34.2 Å². The van der Waals surface area contributed by atoms with Crippen molar-refractivity contribution in [1.29, 1.82) is 0 Å². The zero-order valence-electron chi connectivity index (χ0n) is 16.6. The van der Waals surface area contributed by atoms with Crippen LogP contribution in [0.1, 0.15) is 37.4 Å². The molecule has 0 aliphatic heterocycles. The Morgan fingerprint density at radius 1 is 1.27 bits per heavy atom. The fourth-order valence-corrected chi connectivity index (χ4v) is 4.73. The van der Waals surface area contributed by atoms with Gasteiger partial charge in [0.15, 0.2) is 5.60 Å². The van der Waals surface area contributed by atoms with E-state index in [0.29, 0.717) is 27.6 Å². The van der Waals surface area contributed by atoms with Crippen molar-refractivity contribution in [2.24, 2.45) is 0 Å². The number of ether oxygens (including phenoxy) is 1. The lowest BCUT2D eigenvalue weighted by Crippen LogP contribution is -2.58. The number of aromatic nitrogens is 2. The van der Waals surface area contributed by atoms with Crippen molar-refractivity contribution in [1.82, 2.24) is 10.2 Å². The fourth-order valence-electron chi connectivity index (χ4n) is 4.49. The summed E-state index contributed by atoms with van der Waals surface area (Å²) in [5.74, 6) is 0.320. The number of fused-ring (bicyclic) bond motifs is 2. The molecule has 0 saturated heterocycles. The summed E-state index contributed by atoms with van der Waals surface area (Å²) in [6.45, 7) is 3.30.